The summed E-state index contributed by atoms with van der Waals surface area (Å²) in [6.07, 6.45) is 20.0. The number of nitrogens with zero attached hydrogens (tertiary/aromatic N) is 6. The molecule has 6 heteroatoms. The van der Waals surface area contributed by atoms with Crippen LogP contribution in [0.2, 0.25) is 0 Å². The number of hydrogen-bond acceptors (Lipinski definition) is 4. The maximum Gasteiger partial charge on any atom is 0.351 e. The minimum Gasteiger partial charge on any atom is -0.378 e. The lowest BCUT2D eigenvalue weighted by molar-refractivity contribution is -0.612. The summed E-state index contributed by atoms with van der Waals surface area (Å²) in [5.41, 5.74) is 6.94. The maximum absolute atomic E-state index is 4.82. The van der Waals surface area contributed by atoms with Crippen LogP contribution in [0.4, 0.5) is 11.4 Å². The van der Waals surface area contributed by atoms with E-state index in [1.54, 1.807) is 12.4 Å². The molecule has 40 heavy (non-hydrogen) atoms. The lowest BCUT2D eigenvalue weighted by Crippen LogP contribution is -2.36. The molecule has 0 amide bonds. The minimum absolute atomic E-state index is 0.755. The van der Waals surface area contributed by atoms with Crippen LogP contribution < -0.4 is 18.9 Å². The number of benzene rings is 2. The average molecular weight is 527 g/mol. The van der Waals surface area contributed by atoms with E-state index in [0.717, 1.165) is 33.9 Å². The Balaban J connectivity index is 1.25. The molecule has 0 N–H and O–H groups in total. The standard InChI is InChI=1S/C34H34N6/c1-37(2)31-13-9-27(10-14-31)5-7-29-17-21-39(22-18-29)33-25-35-26-34(36-33)40-23-19-30(20-24-40)8-6-28-11-15-32(16-12-28)38(3)4/h5-26H,1-4H3/q+2. The highest BCUT2D eigenvalue weighted by Crippen LogP contribution is 2.15. The number of anilines is 2. The van der Waals surface area contributed by atoms with Crippen molar-refractivity contribution in [2.45, 2.75) is 0 Å². The van der Waals surface area contributed by atoms with Gasteiger partial charge in [-0.15, -0.1) is 0 Å². The molecular weight excluding hydrogens is 492 g/mol. The molecule has 0 saturated heterocycles. The van der Waals surface area contributed by atoms with Gasteiger partial charge in [-0.1, -0.05) is 48.6 Å². The van der Waals surface area contributed by atoms with Gasteiger partial charge in [-0.25, -0.2) is 14.1 Å². The van der Waals surface area contributed by atoms with Crippen molar-refractivity contribution in [3.63, 3.8) is 0 Å². The normalized spacial score (nSPS) is 11.3. The fourth-order valence-corrected chi connectivity index (χ4v) is 4.15. The van der Waals surface area contributed by atoms with Crippen molar-refractivity contribution >= 4 is 35.7 Å². The van der Waals surface area contributed by atoms with E-state index in [1.165, 1.54) is 11.4 Å². The van der Waals surface area contributed by atoms with Gasteiger partial charge >= 0.3 is 11.6 Å². The molecule has 0 unspecified atom stereocenters. The lowest BCUT2D eigenvalue weighted by Gasteiger charge is -2.11. The van der Waals surface area contributed by atoms with E-state index in [4.69, 9.17) is 4.98 Å². The fraction of sp³-hybridized carbons (Fsp3) is 0.118. The number of rotatable bonds is 8. The van der Waals surface area contributed by atoms with Crippen molar-refractivity contribution in [1.82, 2.24) is 9.97 Å². The van der Waals surface area contributed by atoms with Gasteiger partial charge in [-0.05, 0) is 70.8 Å². The van der Waals surface area contributed by atoms with Crippen LogP contribution >= 0.6 is 0 Å². The Bertz CT molecular complexity index is 1480. The zero-order chi connectivity index (χ0) is 27.9. The number of pyridine rings is 2. The first-order valence-corrected chi connectivity index (χ1v) is 13.2. The van der Waals surface area contributed by atoms with Gasteiger partial charge in [0, 0.05) is 44.5 Å². The third-order valence-corrected chi connectivity index (χ3v) is 6.60. The highest BCUT2D eigenvalue weighted by molar-refractivity contribution is 5.71. The molecule has 0 radical (unpaired) electrons. The van der Waals surface area contributed by atoms with Crippen molar-refractivity contribution in [3.8, 4) is 11.6 Å². The third-order valence-electron chi connectivity index (χ3n) is 6.60. The van der Waals surface area contributed by atoms with Gasteiger partial charge in [0.15, 0.2) is 0 Å². The molecule has 198 valence electrons. The molecule has 0 fully saturated rings. The molecule has 0 aliphatic rings. The highest BCUT2D eigenvalue weighted by atomic mass is 15.1. The molecular formula is C34H34N6+2. The summed E-state index contributed by atoms with van der Waals surface area (Å²) < 4.78 is 3.94. The Morgan fingerprint density at radius 3 is 1.12 bits per heavy atom. The SMILES string of the molecule is CN(C)c1ccc(/C=C/c2cc[n+](-c3cncc(-[n+]4ccc(/C=C/c5ccc(N(C)C)cc5)cc4)n3)cc2)cc1. The van der Waals surface area contributed by atoms with Gasteiger partial charge in [-0.3, -0.25) is 0 Å². The second-order valence-corrected chi connectivity index (χ2v) is 9.95. The Labute approximate surface area is 236 Å². The molecule has 5 rings (SSSR count). The van der Waals surface area contributed by atoms with Crippen molar-refractivity contribution in [1.29, 1.82) is 0 Å². The predicted molar refractivity (Wildman–Crippen MR) is 164 cm³/mol. The van der Waals surface area contributed by atoms with Crippen LogP contribution in [0.3, 0.4) is 0 Å². The van der Waals surface area contributed by atoms with Crippen LogP contribution in [-0.4, -0.2) is 38.2 Å². The Hall–Kier alpha value is -5.10. The van der Waals surface area contributed by atoms with Crippen molar-refractivity contribution in [2.24, 2.45) is 0 Å². The van der Waals surface area contributed by atoms with Crippen molar-refractivity contribution in [2.75, 3.05) is 38.0 Å². The molecule has 0 saturated carbocycles. The molecule has 0 bridgehead atoms. The molecule has 0 spiro atoms. The Morgan fingerprint density at radius 2 is 0.800 bits per heavy atom. The summed E-state index contributed by atoms with van der Waals surface area (Å²) >= 11 is 0. The first kappa shape index (κ1) is 26.5. The minimum atomic E-state index is 0.755. The molecule has 0 atom stereocenters. The molecule has 3 aromatic heterocycles. The van der Waals surface area contributed by atoms with Crippen LogP contribution in [0.25, 0.3) is 35.9 Å². The molecule has 2 aromatic carbocycles. The number of hydrogen-bond donors (Lipinski definition) is 0. The lowest BCUT2D eigenvalue weighted by atomic mass is 10.1. The topological polar surface area (TPSA) is 40.0 Å². The summed E-state index contributed by atoms with van der Waals surface area (Å²) in [4.78, 5) is 13.5. The largest absolute Gasteiger partial charge is 0.378 e. The quantitative estimate of drug-likeness (QED) is 0.250. The van der Waals surface area contributed by atoms with Gasteiger partial charge in [0.1, 0.15) is 12.4 Å². The van der Waals surface area contributed by atoms with E-state index >= 15 is 0 Å². The van der Waals surface area contributed by atoms with Crippen molar-refractivity contribution in [3.05, 3.63) is 132 Å². The molecule has 5 aromatic rings. The van der Waals surface area contributed by atoms with Crippen LogP contribution in [0.5, 0.6) is 0 Å². The third kappa shape index (κ3) is 6.66. The summed E-state index contributed by atoms with van der Waals surface area (Å²) in [6.45, 7) is 0. The summed E-state index contributed by atoms with van der Waals surface area (Å²) in [7, 11) is 8.19. The Kier molecular flexibility index (Phi) is 8.07. The molecule has 6 nitrogen and oxygen atoms in total. The second kappa shape index (κ2) is 12.2. The van der Waals surface area contributed by atoms with Crippen LogP contribution in [-0.2, 0) is 0 Å². The van der Waals surface area contributed by atoms with Crippen LogP contribution in [0.1, 0.15) is 22.3 Å². The Morgan fingerprint density at radius 1 is 0.475 bits per heavy atom. The van der Waals surface area contributed by atoms with E-state index in [1.807, 2.05) is 62.1 Å². The van der Waals surface area contributed by atoms with E-state index in [0.29, 0.717) is 0 Å². The second-order valence-electron chi connectivity index (χ2n) is 9.95. The summed E-state index contributed by atoms with van der Waals surface area (Å²) in [5.74, 6) is 1.51. The molecule has 0 aliphatic carbocycles. The van der Waals surface area contributed by atoms with Crippen molar-refractivity contribution < 1.29 is 9.13 Å². The van der Waals surface area contributed by atoms with Gasteiger partial charge in [0.2, 0.25) is 0 Å². The van der Waals surface area contributed by atoms with Crippen LogP contribution in [0.15, 0.2) is 110 Å². The average Bonchev–Trinajstić information content (AvgIpc) is 3.00. The highest BCUT2D eigenvalue weighted by Gasteiger charge is 2.14. The van der Waals surface area contributed by atoms with E-state index in [-0.39, 0.29) is 0 Å². The van der Waals surface area contributed by atoms with Gasteiger partial charge in [0.25, 0.3) is 0 Å². The zero-order valence-electron chi connectivity index (χ0n) is 23.4. The summed E-state index contributed by atoms with van der Waals surface area (Å²) in [6, 6.07) is 25.3. The monoisotopic (exact) mass is 526 g/mol. The predicted octanol–water partition coefficient (Wildman–Crippen LogP) is 5.50. The molecule has 0 aliphatic heterocycles. The fourth-order valence-electron chi connectivity index (χ4n) is 4.15. The smallest absolute Gasteiger partial charge is 0.351 e. The van der Waals surface area contributed by atoms with Gasteiger partial charge in [0.05, 0.1) is 24.8 Å². The van der Waals surface area contributed by atoms with E-state index < -0.39 is 0 Å². The van der Waals surface area contributed by atoms with Gasteiger partial charge < -0.3 is 9.80 Å². The maximum atomic E-state index is 4.82. The zero-order valence-corrected chi connectivity index (χ0v) is 23.4. The first-order chi connectivity index (χ1) is 19.4. The van der Waals surface area contributed by atoms with Crippen LogP contribution in [0, 0.1) is 0 Å². The van der Waals surface area contributed by atoms with E-state index in [9.17, 15) is 0 Å². The van der Waals surface area contributed by atoms with Gasteiger partial charge in [-0.2, -0.15) is 0 Å². The molecule has 3 heterocycles. The first-order valence-electron chi connectivity index (χ1n) is 13.2. The number of aromatic nitrogens is 4. The summed E-state index contributed by atoms with van der Waals surface area (Å²) in [5, 5.41) is 0. The van der Waals surface area contributed by atoms with E-state index in [2.05, 4.69) is 112 Å².